The summed E-state index contributed by atoms with van der Waals surface area (Å²) in [5.74, 6) is -0.171. The molecule has 0 bridgehead atoms. The topological polar surface area (TPSA) is 33.2 Å². The molecule has 0 N–H and O–H groups in total. The Morgan fingerprint density at radius 3 is 2.64 bits per heavy atom. The Bertz CT molecular complexity index is 927. The standard InChI is InChI=1S/C21H19FN2O/c1-24(14-16-4-2-3-15-13-23-12-9-19(15)16)20(25)21(10-11-21)17-5-7-18(22)8-6-17/h2-9,12-13H,10-11,14H2,1H3. The summed E-state index contributed by atoms with van der Waals surface area (Å²) in [4.78, 5) is 19.0. The van der Waals surface area contributed by atoms with Crippen LogP contribution in [-0.4, -0.2) is 22.8 Å². The first-order valence-electron chi connectivity index (χ1n) is 8.43. The molecule has 1 aliphatic rings. The molecule has 1 heterocycles. The number of aromatic nitrogens is 1. The maximum absolute atomic E-state index is 13.2. The van der Waals surface area contributed by atoms with Gasteiger partial charge in [0.05, 0.1) is 5.41 Å². The number of nitrogens with zero attached hydrogens (tertiary/aromatic N) is 2. The zero-order valence-electron chi connectivity index (χ0n) is 14.1. The zero-order valence-corrected chi connectivity index (χ0v) is 14.1. The van der Waals surface area contributed by atoms with Crippen LogP contribution in [0.5, 0.6) is 0 Å². The Hall–Kier alpha value is -2.75. The lowest BCUT2D eigenvalue weighted by molar-refractivity contribution is -0.133. The number of pyridine rings is 1. The number of hydrogen-bond acceptors (Lipinski definition) is 2. The van der Waals surface area contributed by atoms with Gasteiger partial charge in [0.1, 0.15) is 5.82 Å². The summed E-state index contributed by atoms with van der Waals surface area (Å²) in [5, 5.41) is 2.18. The highest BCUT2D eigenvalue weighted by Gasteiger charge is 2.52. The highest BCUT2D eigenvalue weighted by molar-refractivity contribution is 5.92. The molecule has 0 spiro atoms. The maximum Gasteiger partial charge on any atom is 0.233 e. The molecule has 25 heavy (non-hydrogen) atoms. The average molecular weight is 334 g/mol. The summed E-state index contributed by atoms with van der Waals surface area (Å²) in [7, 11) is 1.84. The molecule has 3 nitrogen and oxygen atoms in total. The van der Waals surface area contributed by atoms with Gasteiger partial charge in [-0.1, -0.05) is 30.3 Å². The molecule has 1 aliphatic carbocycles. The van der Waals surface area contributed by atoms with Crippen molar-refractivity contribution in [2.45, 2.75) is 24.8 Å². The highest BCUT2D eigenvalue weighted by Crippen LogP contribution is 2.49. The fraction of sp³-hybridized carbons (Fsp3) is 0.238. The van der Waals surface area contributed by atoms with Gasteiger partial charge in [0.2, 0.25) is 5.91 Å². The summed E-state index contributed by atoms with van der Waals surface area (Å²) in [6, 6.07) is 14.4. The van der Waals surface area contributed by atoms with Gasteiger partial charge in [0.25, 0.3) is 0 Å². The van der Waals surface area contributed by atoms with E-state index >= 15 is 0 Å². The summed E-state index contributed by atoms with van der Waals surface area (Å²) in [6.45, 7) is 0.545. The number of hydrogen-bond donors (Lipinski definition) is 0. The fourth-order valence-electron chi connectivity index (χ4n) is 3.54. The lowest BCUT2D eigenvalue weighted by atomic mass is 9.94. The third-order valence-corrected chi connectivity index (χ3v) is 5.08. The number of amides is 1. The second kappa shape index (κ2) is 5.96. The highest BCUT2D eigenvalue weighted by atomic mass is 19.1. The van der Waals surface area contributed by atoms with E-state index in [1.807, 2.05) is 37.5 Å². The van der Waals surface area contributed by atoms with Gasteiger partial charge in [-0.15, -0.1) is 0 Å². The van der Waals surface area contributed by atoms with Crippen molar-refractivity contribution in [3.8, 4) is 0 Å². The second-order valence-electron chi connectivity index (χ2n) is 6.76. The molecular weight excluding hydrogens is 315 g/mol. The number of halogens is 1. The van der Waals surface area contributed by atoms with E-state index in [0.717, 1.165) is 34.7 Å². The molecule has 0 atom stereocenters. The normalized spacial score (nSPS) is 15.1. The van der Waals surface area contributed by atoms with Crippen molar-refractivity contribution < 1.29 is 9.18 Å². The third kappa shape index (κ3) is 2.78. The van der Waals surface area contributed by atoms with Gasteiger partial charge in [-0.05, 0) is 47.6 Å². The number of rotatable bonds is 4. The van der Waals surface area contributed by atoms with Crippen molar-refractivity contribution in [2.75, 3.05) is 7.05 Å². The molecular formula is C21H19FN2O. The van der Waals surface area contributed by atoms with Crippen molar-refractivity contribution in [1.82, 2.24) is 9.88 Å². The smallest absolute Gasteiger partial charge is 0.233 e. The van der Waals surface area contributed by atoms with Crippen LogP contribution in [0.1, 0.15) is 24.0 Å². The Balaban J connectivity index is 1.59. The van der Waals surface area contributed by atoms with E-state index in [1.54, 1.807) is 23.2 Å². The summed E-state index contributed by atoms with van der Waals surface area (Å²) in [6.07, 6.45) is 5.25. The predicted octanol–water partition coefficient (Wildman–Crippen LogP) is 4.06. The van der Waals surface area contributed by atoms with E-state index in [2.05, 4.69) is 4.98 Å². The van der Waals surface area contributed by atoms with Gasteiger partial charge >= 0.3 is 0 Å². The predicted molar refractivity (Wildman–Crippen MR) is 95.5 cm³/mol. The first-order chi connectivity index (χ1) is 12.1. The summed E-state index contributed by atoms with van der Waals surface area (Å²) < 4.78 is 13.2. The number of benzene rings is 2. The van der Waals surface area contributed by atoms with Gasteiger partial charge in [-0.3, -0.25) is 9.78 Å². The van der Waals surface area contributed by atoms with Crippen LogP contribution in [0.2, 0.25) is 0 Å². The molecule has 1 saturated carbocycles. The number of carbonyl (C=O) groups is 1. The minimum Gasteiger partial charge on any atom is -0.341 e. The Morgan fingerprint density at radius 1 is 1.16 bits per heavy atom. The minimum atomic E-state index is -0.478. The van der Waals surface area contributed by atoms with E-state index in [1.165, 1.54) is 12.1 Å². The van der Waals surface area contributed by atoms with Gasteiger partial charge in [-0.2, -0.15) is 0 Å². The monoisotopic (exact) mass is 334 g/mol. The molecule has 3 aromatic rings. The third-order valence-electron chi connectivity index (χ3n) is 5.08. The lowest BCUT2D eigenvalue weighted by Crippen LogP contribution is -2.36. The van der Waals surface area contributed by atoms with Crippen molar-refractivity contribution >= 4 is 16.7 Å². The van der Waals surface area contributed by atoms with E-state index < -0.39 is 5.41 Å². The Kier molecular flexibility index (Phi) is 3.75. The maximum atomic E-state index is 13.2. The van der Waals surface area contributed by atoms with E-state index in [4.69, 9.17) is 0 Å². The van der Waals surface area contributed by atoms with Crippen LogP contribution in [0.4, 0.5) is 4.39 Å². The van der Waals surface area contributed by atoms with Gasteiger partial charge < -0.3 is 4.90 Å². The van der Waals surface area contributed by atoms with E-state index in [0.29, 0.717) is 6.54 Å². The first-order valence-corrected chi connectivity index (χ1v) is 8.43. The Morgan fingerprint density at radius 2 is 1.92 bits per heavy atom. The van der Waals surface area contributed by atoms with Crippen molar-refractivity contribution in [2.24, 2.45) is 0 Å². The lowest BCUT2D eigenvalue weighted by Gasteiger charge is -2.24. The average Bonchev–Trinajstić information content (AvgIpc) is 3.44. The van der Waals surface area contributed by atoms with E-state index in [-0.39, 0.29) is 11.7 Å². The molecule has 0 radical (unpaired) electrons. The molecule has 2 aromatic carbocycles. The fourth-order valence-corrected chi connectivity index (χ4v) is 3.54. The van der Waals surface area contributed by atoms with Crippen LogP contribution >= 0.6 is 0 Å². The number of fused-ring (bicyclic) bond motifs is 1. The largest absolute Gasteiger partial charge is 0.341 e. The van der Waals surface area contributed by atoms with Gasteiger partial charge in [-0.25, -0.2) is 4.39 Å². The van der Waals surface area contributed by atoms with Crippen LogP contribution in [0, 0.1) is 5.82 Å². The van der Waals surface area contributed by atoms with Crippen LogP contribution in [0.25, 0.3) is 10.8 Å². The minimum absolute atomic E-state index is 0.102. The molecule has 4 rings (SSSR count). The SMILES string of the molecule is CN(Cc1cccc2cnccc12)C(=O)C1(c2ccc(F)cc2)CC1. The number of carbonyl (C=O) groups excluding carboxylic acids is 1. The Labute approximate surface area is 146 Å². The quantitative estimate of drug-likeness (QED) is 0.721. The van der Waals surface area contributed by atoms with Gasteiger partial charge in [0, 0.05) is 31.4 Å². The molecule has 4 heteroatoms. The zero-order chi connectivity index (χ0) is 17.4. The first kappa shape index (κ1) is 15.8. The number of likely N-dealkylation sites (N-methyl/N-ethyl adjacent to an activating group) is 1. The van der Waals surface area contributed by atoms with Crippen molar-refractivity contribution in [3.63, 3.8) is 0 Å². The van der Waals surface area contributed by atoms with Crippen LogP contribution < -0.4 is 0 Å². The molecule has 0 saturated heterocycles. The molecule has 0 aliphatic heterocycles. The van der Waals surface area contributed by atoms with Crippen LogP contribution in [-0.2, 0) is 16.8 Å². The second-order valence-corrected chi connectivity index (χ2v) is 6.76. The van der Waals surface area contributed by atoms with Crippen LogP contribution in [0.15, 0.2) is 60.9 Å². The summed E-state index contributed by atoms with van der Waals surface area (Å²) >= 11 is 0. The summed E-state index contributed by atoms with van der Waals surface area (Å²) in [5.41, 5.74) is 1.53. The molecule has 1 amide bonds. The van der Waals surface area contributed by atoms with Gasteiger partial charge in [0.15, 0.2) is 0 Å². The van der Waals surface area contributed by atoms with E-state index in [9.17, 15) is 9.18 Å². The van der Waals surface area contributed by atoms with Crippen molar-refractivity contribution in [3.05, 3.63) is 77.9 Å². The van der Waals surface area contributed by atoms with Crippen LogP contribution in [0.3, 0.4) is 0 Å². The molecule has 1 fully saturated rings. The molecule has 1 aromatic heterocycles. The molecule has 0 unspecified atom stereocenters. The molecule has 126 valence electrons. The van der Waals surface area contributed by atoms with Crippen molar-refractivity contribution in [1.29, 1.82) is 0 Å².